The van der Waals surface area contributed by atoms with Crippen LogP contribution in [0.3, 0.4) is 0 Å². The van der Waals surface area contributed by atoms with Gasteiger partial charge in [-0.2, -0.15) is 4.31 Å². The zero-order valence-electron chi connectivity index (χ0n) is 16.8. The summed E-state index contributed by atoms with van der Waals surface area (Å²) in [6.45, 7) is 5.29. The number of hydrogen-bond donors (Lipinski definition) is 1. The molecule has 1 amide bonds. The minimum Gasteiger partial charge on any atom is -0.494 e. The van der Waals surface area contributed by atoms with Gasteiger partial charge in [-0.25, -0.2) is 8.42 Å². The van der Waals surface area contributed by atoms with E-state index in [1.807, 2.05) is 32.0 Å². The van der Waals surface area contributed by atoms with Crippen LogP contribution in [-0.4, -0.2) is 43.3 Å². The molecule has 1 aliphatic rings. The highest BCUT2D eigenvalue weighted by molar-refractivity contribution is 7.89. The monoisotopic (exact) mass is 417 g/mol. The van der Waals surface area contributed by atoms with E-state index in [-0.39, 0.29) is 16.7 Å². The standard InChI is InChI=1S/C21H27N3O4S/c1-3-28-20-8-7-19(14-16(20)2)29(26,27)24-12-9-17(10-13-24)21(25)23-15-18-6-4-5-11-22-18/h4-8,11,14,17H,3,9-10,12-13,15H2,1-2H3,(H,23,25). The SMILES string of the molecule is CCOc1ccc(S(=O)(=O)N2CCC(C(=O)NCc3ccccn3)CC2)cc1C. The van der Waals surface area contributed by atoms with E-state index in [1.165, 1.54) is 4.31 Å². The Labute approximate surface area is 172 Å². The first kappa shape index (κ1) is 21.3. The molecule has 0 unspecified atom stereocenters. The van der Waals surface area contributed by atoms with Crippen molar-refractivity contribution < 1.29 is 17.9 Å². The molecule has 0 aliphatic carbocycles. The largest absolute Gasteiger partial charge is 0.494 e. The smallest absolute Gasteiger partial charge is 0.243 e. The van der Waals surface area contributed by atoms with Crippen molar-refractivity contribution in [1.82, 2.24) is 14.6 Å². The molecular formula is C21H27N3O4S. The Kier molecular flexibility index (Phi) is 6.87. The number of amides is 1. The maximum Gasteiger partial charge on any atom is 0.243 e. The molecule has 0 saturated carbocycles. The number of nitrogens with zero attached hydrogens (tertiary/aromatic N) is 2. The molecule has 1 aromatic heterocycles. The number of aromatic nitrogens is 1. The highest BCUT2D eigenvalue weighted by Crippen LogP contribution is 2.27. The van der Waals surface area contributed by atoms with Crippen LogP contribution in [0.25, 0.3) is 0 Å². The molecule has 0 atom stereocenters. The third-order valence-corrected chi connectivity index (χ3v) is 6.97. The second kappa shape index (κ2) is 9.37. The fourth-order valence-corrected chi connectivity index (χ4v) is 4.99. The minimum atomic E-state index is -3.58. The molecule has 1 saturated heterocycles. The van der Waals surface area contributed by atoms with Crippen LogP contribution >= 0.6 is 0 Å². The highest BCUT2D eigenvalue weighted by atomic mass is 32.2. The molecule has 2 aromatic rings. The van der Waals surface area contributed by atoms with Crippen LogP contribution < -0.4 is 10.1 Å². The number of piperidine rings is 1. The Morgan fingerprint density at radius 2 is 2.00 bits per heavy atom. The Morgan fingerprint density at radius 1 is 1.24 bits per heavy atom. The van der Waals surface area contributed by atoms with Crippen molar-refractivity contribution in [2.45, 2.75) is 38.1 Å². The number of carbonyl (C=O) groups excluding carboxylic acids is 1. The van der Waals surface area contributed by atoms with Gasteiger partial charge in [-0.1, -0.05) is 6.07 Å². The van der Waals surface area contributed by atoms with Crippen LogP contribution in [0.15, 0.2) is 47.5 Å². The van der Waals surface area contributed by atoms with E-state index in [9.17, 15) is 13.2 Å². The van der Waals surface area contributed by atoms with Gasteiger partial charge in [-0.05, 0) is 62.6 Å². The van der Waals surface area contributed by atoms with Crippen molar-refractivity contribution >= 4 is 15.9 Å². The van der Waals surface area contributed by atoms with E-state index in [0.717, 1.165) is 11.3 Å². The zero-order chi connectivity index (χ0) is 20.9. The van der Waals surface area contributed by atoms with Crippen molar-refractivity contribution in [1.29, 1.82) is 0 Å². The summed E-state index contributed by atoms with van der Waals surface area (Å²) in [5, 5.41) is 2.90. The van der Waals surface area contributed by atoms with Crippen LogP contribution in [0.1, 0.15) is 31.0 Å². The average Bonchev–Trinajstić information content (AvgIpc) is 2.74. The van der Waals surface area contributed by atoms with Crippen LogP contribution in [-0.2, 0) is 21.4 Å². The number of carbonyl (C=O) groups is 1. The predicted molar refractivity (Wildman–Crippen MR) is 110 cm³/mol. The van der Waals surface area contributed by atoms with Crippen LogP contribution in [0.4, 0.5) is 0 Å². The molecule has 1 aliphatic heterocycles. The average molecular weight is 418 g/mol. The van der Waals surface area contributed by atoms with E-state index in [2.05, 4.69) is 10.3 Å². The van der Waals surface area contributed by atoms with Crippen molar-refractivity contribution in [3.63, 3.8) is 0 Å². The van der Waals surface area contributed by atoms with Gasteiger partial charge in [-0.15, -0.1) is 0 Å². The van der Waals surface area contributed by atoms with E-state index in [1.54, 1.807) is 24.4 Å². The fourth-order valence-electron chi connectivity index (χ4n) is 3.43. The van der Waals surface area contributed by atoms with Gasteiger partial charge in [0.2, 0.25) is 15.9 Å². The number of sulfonamides is 1. The van der Waals surface area contributed by atoms with Crippen LogP contribution in [0, 0.1) is 12.8 Å². The number of benzene rings is 1. The summed E-state index contributed by atoms with van der Waals surface area (Å²) in [5.41, 5.74) is 1.59. The Balaban J connectivity index is 1.58. The quantitative estimate of drug-likeness (QED) is 0.748. The fraction of sp³-hybridized carbons (Fsp3) is 0.429. The van der Waals surface area contributed by atoms with E-state index < -0.39 is 10.0 Å². The molecule has 29 heavy (non-hydrogen) atoms. The van der Waals surface area contributed by atoms with E-state index in [4.69, 9.17) is 4.74 Å². The van der Waals surface area contributed by atoms with Gasteiger partial charge in [0.15, 0.2) is 0 Å². The molecule has 0 spiro atoms. The molecule has 0 radical (unpaired) electrons. The van der Waals surface area contributed by atoms with Crippen molar-refractivity contribution in [2.24, 2.45) is 5.92 Å². The maximum atomic E-state index is 13.0. The Morgan fingerprint density at radius 3 is 2.62 bits per heavy atom. The third kappa shape index (κ3) is 5.13. The van der Waals surface area contributed by atoms with Gasteiger partial charge < -0.3 is 10.1 Å². The number of nitrogens with one attached hydrogen (secondary N) is 1. The van der Waals surface area contributed by atoms with Crippen molar-refractivity contribution in [3.8, 4) is 5.75 Å². The molecule has 0 bridgehead atoms. The number of rotatable bonds is 7. The first-order chi connectivity index (χ1) is 13.9. The lowest BCUT2D eigenvalue weighted by Gasteiger charge is -2.30. The summed E-state index contributed by atoms with van der Waals surface area (Å²) >= 11 is 0. The lowest BCUT2D eigenvalue weighted by molar-refractivity contribution is -0.126. The molecule has 1 aromatic carbocycles. The summed E-state index contributed by atoms with van der Waals surface area (Å²) < 4.78 is 32.9. The van der Waals surface area contributed by atoms with Gasteiger partial charge >= 0.3 is 0 Å². The molecule has 1 fully saturated rings. The van der Waals surface area contributed by atoms with Gasteiger partial charge in [0.1, 0.15) is 5.75 Å². The first-order valence-corrected chi connectivity index (χ1v) is 11.3. The summed E-state index contributed by atoms with van der Waals surface area (Å²) in [7, 11) is -3.58. The Hall–Kier alpha value is -2.45. The normalized spacial score (nSPS) is 15.8. The zero-order valence-corrected chi connectivity index (χ0v) is 17.6. The lowest BCUT2D eigenvalue weighted by atomic mass is 9.97. The summed E-state index contributed by atoms with van der Waals surface area (Å²) in [6.07, 6.45) is 2.69. The van der Waals surface area contributed by atoms with Crippen LogP contribution in [0.5, 0.6) is 5.75 Å². The summed E-state index contributed by atoms with van der Waals surface area (Å²) in [5.74, 6) is 0.451. The number of ether oxygens (including phenoxy) is 1. The van der Waals surface area contributed by atoms with Gasteiger partial charge in [0, 0.05) is 25.2 Å². The lowest BCUT2D eigenvalue weighted by Crippen LogP contribution is -2.42. The predicted octanol–water partition coefficient (Wildman–Crippen LogP) is 2.51. The van der Waals surface area contributed by atoms with E-state index >= 15 is 0 Å². The van der Waals surface area contributed by atoms with Crippen LogP contribution in [0.2, 0.25) is 0 Å². The van der Waals surface area contributed by atoms with Gasteiger partial charge in [-0.3, -0.25) is 9.78 Å². The highest BCUT2D eigenvalue weighted by Gasteiger charge is 2.32. The topological polar surface area (TPSA) is 88.6 Å². The summed E-state index contributed by atoms with van der Waals surface area (Å²) in [4.78, 5) is 16.9. The summed E-state index contributed by atoms with van der Waals surface area (Å²) in [6, 6.07) is 10.5. The van der Waals surface area contributed by atoms with Gasteiger partial charge in [0.05, 0.1) is 23.7 Å². The second-order valence-corrected chi connectivity index (χ2v) is 9.02. The first-order valence-electron chi connectivity index (χ1n) is 9.83. The number of aryl methyl sites for hydroxylation is 1. The minimum absolute atomic E-state index is 0.0513. The molecule has 8 heteroatoms. The molecule has 3 rings (SSSR count). The third-order valence-electron chi connectivity index (χ3n) is 5.08. The number of pyridine rings is 1. The van der Waals surface area contributed by atoms with Gasteiger partial charge in [0.25, 0.3) is 0 Å². The maximum absolute atomic E-state index is 13.0. The van der Waals surface area contributed by atoms with E-state index in [0.29, 0.717) is 44.8 Å². The molecule has 7 nitrogen and oxygen atoms in total. The van der Waals surface area contributed by atoms with Crippen molar-refractivity contribution in [3.05, 3.63) is 53.9 Å². The molecule has 2 heterocycles. The number of hydrogen-bond acceptors (Lipinski definition) is 5. The Bertz CT molecular complexity index is 940. The molecule has 1 N–H and O–H groups in total. The van der Waals surface area contributed by atoms with Crippen molar-refractivity contribution in [2.75, 3.05) is 19.7 Å². The molecular weight excluding hydrogens is 390 g/mol. The molecule has 156 valence electrons. The second-order valence-electron chi connectivity index (χ2n) is 7.08.